The van der Waals surface area contributed by atoms with Crippen molar-refractivity contribution in [2.24, 2.45) is 5.14 Å². The lowest BCUT2D eigenvalue weighted by molar-refractivity contribution is 1.38. The predicted octanol–water partition coefficient (Wildman–Crippen LogP) is 2.60. The maximum Gasteiger partial charge on any atom is 0.0226 e. The van der Waals surface area contributed by atoms with Crippen LogP contribution in [0.3, 0.4) is 0 Å². The summed E-state index contributed by atoms with van der Waals surface area (Å²) in [6.45, 7) is 2.06. The molecule has 0 fully saturated rings. The Kier molecular flexibility index (Phi) is 4.16. The van der Waals surface area contributed by atoms with Gasteiger partial charge in [-0.2, -0.15) is 0 Å². The number of benzene rings is 1. The van der Waals surface area contributed by atoms with Gasteiger partial charge in [0, 0.05) is 4.90 Å². The lowest BCUT2D eigenvalue weighted by Gasteiger charge is -1.93. The molecule has 10 heavy (non-hydrogen) atoms. The summed E-state index contributed by atoms with van der Waals surface area (Å²) in [5.41, 5.74) is 1.27. The molecule has 0 atom stereocenters. The quantitative estimate of drug-likeness (QED) is 0.631. The van der Waals surface area contributed by atoms with E-state index in [1.165, 1.54) is 17.5 Å². The van der Waals surface area contributed by atoms with E-state index in [1.807, 2.05) is 12.1 Å². The highest BCUT2D eigenvalue weighted by molar-refractivity contribution is 7.97. The molecule has 1 rings (SSSR count). The minimum atomic E-state index is 0. The Balaban J connectivity index is 0.000000810. The van der Waals surface area contributed by atoms with Crippen LogP contribution >= 0.6 is 11.9 Å². The molecule has 2 heteroatoms. The van der Waals surface area contributed by atoms with Gasteiger partial charge in [0.25, 0.3) is 0 Å². The zero-order valence-electron chi connectivity index (χ0n) is 5.29. The molecule has 56 valence electrons. The van der Waals surface area contributed by atoms with Gasteiger partial charge in [-0.1, -0.05) is 25.1 Å². The van der Waals surface area contributed by atoms with Crippen molar-refractivity contribution >= 4 is 11.9 Å². The number of rotatable bonds is 1. The summed E-state index contributed by atoms with van der Waals surface area (Å²) in [7, 11) is 0. The highest BCUT2D eigenvalue weighted by Gasteiger charge is 1.85. The van der Waals surface area contributed by atoms with E-state index in [-0.39, 0.29) is 7.43 Å². The molecule has 0 aliphatic rings. The molecule has 0 aliphatic heterocycles. The molecular weight excluding hydrogens is 142 g/mol. The molecule has 0 saturated heterocycles. The minimum Gasteiger partial charge on any atom is -0.274 e. The highest BCUT2D eigenvalue weighted by Crippen LogP contribution is 2.11. The van der Waals surface area contributed by atoms with E-state index >= 15 is 0 Å². The van der Waals surface area contributed by atoms with Gasteiger partial charge in [-0.3, -0.25) is 5.14 Å². The number of hydrogen-bond donors (Lipinski definition) is 1. The second kappa shape index (κ2) is 4.36. The Bertz CT molecular complexity index is 181. The topological polar surface area (TPSA) is 26.0 Å². The Labute approximate surface area is 66.8 Å². The third kappa shape index (κ3) is 2.42. The van der Waals surface area contributed by atoms with Crippen LogP contribution in [0.5, 0.6) is 0 Å². The summed E-state index contributed by atoms with van der Waals surface area (Å²) in [5, 5.41) is 5.32. The van der Waals surface area contributed by atoms with Crippen LogP contribution in [0.1, 0.15) is 13.0 Å². The van der Waals surface area contributed by atoms with Crippen LogP contribution in [-0.2, 0) is 0 Å². The van der Waals surface area contributed by atoms with Crippen molar-refractivity contribution in [3.05, 3.63) is 29.8 Å². The third-order valence-corrected chi connectivity index (χ3v) is 1.70. The van der Waals surface area contributed by atoms with Gasteiger partial charge in [0.15, 0.2) is 0 Å². The van der Waals surface area contributed by atoms with Crippen molar-refractivity contribution < 1.29 is 0 Å². The van der Waals surface area contributed by atoms with E-state index < -0.39 is 0 Å². The van der Waals surface area contributed by atoms with Crippen molar-refractivity contribution in [1.82, 2.24) is 0 Å². The molecule has 0 unspecified atom stereocenters. The van der Waals surface area contributed by atoms with Gasteiger partial charge >= 0.3 is 0 Å². The summed E-state index contributed by atoms with van der Waals surface area (Å²) in [4.78, 5) is 1.11. The zero-order valence-corrected chi connectivity index (χ0v) is 6.11. The summed E-state index contributed by atoms with van der Waals surface area (Å²) < 4.78 is 0. The van der Waals surface area contributed by atoms with Gasteiger partial charge in [-0.05, 0) is 31.0 Å². The average Bonchev–Trinajstić information content (AvgIpc) is 1.90. The maximum atomic E-state index is 5.32. The molecule has 0 aliphatic carbocycles. The summed E-state index contributed by atoms with van der Waals surface area (Å²) in [6, 6.07) is 8.13. The number of hydrogen-bond acceptors (Lipinski definition) is 2. The van der Waals surface area contributed by atoms with E-state index in [0.717, 1.165) is 4.90 Å². The zero-order chi connectivity index (χ0) is 6.69. The van der Waals surface area contributed by atoms with Gasteiger partial charge < -0.3 is 0 Å². The van der Waals surface area contributed by atoms with Crippen LogP contribution in [0.25, 0.3) is 0 Å². The fourth-order valence-corrected chi connectivity index (χ4v) is 0.910. The first kappa shape index (κ1) is 9.53. The smallest absolute Gasteiger partial charge is 0.0226 e. The van der Waals surface area contributed by atoms with Gasteiger partial charge in [-0.25, -0.2) is 0 Å². The molecular formula is C8H13NS. The molecule has 1 nitrogen and oxygen atoms in total. The van der Waals surface area contributed by atoms with E-state index in [2.05, 4.69) is 19.1 Å². The molecule has 1 aromatic rings. The monoisotopic (exact) mass is 155 g/mol. The third-order valence-electron chi connectivity index (χ3n) is 1.16. The van der Waals surface area contributed by atoms with Crippen LogP contribution in [0.15, 0.2) is 29.2 Å². The first-order valence-corrected chi connectivity index (χ1v) is 3.64. The Morgan fingerprint density at radius 2 is 1.70 bits per heavy atom. The normalized spacial score (nSPS) is 8.60. The molecule has 1 aromatic carbocycles. The van der Waals surface area contributed by atoms with Crippen molar-refractivity contribution in [1.29, 1.82) is 0 Å². The molecule has 0 bridgehead atoms. The van der Waals surface area contributed by atoms with Gasteiger partial charge in [0.05, 0.1) is 0 Å². The second-order valence-electron chi connectivity index (χ2n) is 1.93. The predicted molar refractivity (Wildman–Crippen MR) is 48.0 cm³/mol. The van der Waals surface area contributed by atoms with Crippen LogP contribution in [-0.4, -0.2) is 0 Å². The number of nitrogens with two attached hydrogens (primary N) is 1. The van der Waals surface area contributed by atoms with E-state index in [0.29, 0.717) is 0 Å². The number of aryl methyl sites for hydroxylation is 1. The maximum absolute atomic E-state index is 5.32. The molecule has 0 amide bonds. The first-order valence-electron chi connectivity index (χ1n) is 2.76. The standard InChI is InChI=1S/C7H9NS.CH4/c1-6-2-4-7(9-8)5-3-6;/h2-5H,8H2,1H3;1H4. The molecule has 0 spiro atoms. The van der Waals surface area contributed by atoms with Crippen LogP contribution in [0, 0.1) is 6.92 Å². The van der Waals surface area contributed by atoms with Gasteiger partial charge in [-0.15, -0.1) is 0 Å². The first-order chi connectivity index (χ1) is 4.33. The Hall–Kier alpha value is -0.470. The Morgan fingerprint density at radius 1 is 1.20 bits per heavy atom. The van der Waals surface area contributed by atoms with E-state index in [9.17, 15) is 0 Å². The van der Waals surface area contributed by atoms with Crippen LogP contribution in [0.4, 0.5) is 0 Å². The van der Waals surface area contributed by atoms with Crippen molar-refractivity contribution in [3.8, 4) is 0 Å². The lowest BCUT2D eigenvalue weighted by Crippen LogP contribution is -1.78. The summed E-state index contributed by atoms with van der Waals surface area (Å²) >= 11 is 1.28. The van der Waals surface area contributed by atoms with Gasteiger partial charge in [0.1, 0.15) is 0 Å². The van der Waals surface area contributed by atoms with Crippen molar-refractivity contribution in [2.45, 2.75) is 19.2 Å². The van der Waals surface area contributed by atoms with Crippen LogP contribution in [0.2, 0.25) is 0 Å². The molecule has 0 saturated carbocycles. The highest BCUT2D eigenvalue weighted by atomic mass is 32.2. The van der Waals surface area contributed by atoms with Crippen molar-refractivity contribution in [3.63, 3.8) is 0 Å². The SMILES string of the molecule is C.Cc1ccc(SN)cc1. The van der Waals surface area contributed by atoms with Crippen molar-refractivity contribution in [2.75, 3.05) is 0 Å². The molecule has 0 aromatic heterocycles. The second-order valence-corrected chi connectivity index (χ2v) is 2.64. The van der Waals surface area contributed by atoms with Crippen LogP contribution < -0.4 is 5.14 Å². The summed E-state index contributed by atoms with van der Waals surface area (Å²) in [5.74, 6) is 0. The fourth-order valence-electron chi connectivity index (χ4n) is 0.617. The molecule has 2 N–H and O–H groups in total. The fraction of sp³-hybridized carbons (Fsp3) is 0.250. The molecule has 0 heterocycles. The Morgan fingerprint density at radius 3 is 2.10 bits per heavy atom. The lowest BCUT2D eigenvalue weighted by atomic mass is 10.2. The van der Waals surface area contributed by atoms with E-state index in [4.69, 9.17) is 5.14 Å². The average molecular weight is 155 g/mol. The minimum absolute atomic E-state index is 0. The van der Waals surface area contributed by atoms with Gasteiger partial charge in [0.2, 0.25) is 0 Å². The molecule has 0 radical (unpaired) electrons. The summed E-state index contributed by atoms with van der Waals surface area (Å²) in [6.07, 6.45) is 0. The largest absolute Gasteiger partial charge is 0.274 e. The van der Waals surface area contributed by atoms with E-state index in [1.54, 1.807) is 0 Å².